The summed E-state index contributed by atoms with van der Waals surface area (Å²) >= 11 is 18.1. The predicted octanol–water partition coefficient (Wildman–Crippen LogP) is 4.22. The van der Waals surface area contributed by atoms with E-state index in [1.54, 1.807) is 6.33 Å². The van der Waals surface area contributed by atoms with Crippen LogP contribution in [0.15, 0.2) is 30.6 Å². The molecule has 1 saturated carbocycles. The van der Waals surface area contributed by atoms with Crippen molar-refractivity contribution < 1.29 is 0 Å². The summed E-state index contributed by atoms with van der Waals surface area (Å²) in [6.07, 6.45) is 4.56. The molecule has 1 fully saturated rings. The minimum atomic E-state index is -0.126. The highest BCUT2D eigenvalue weighted by atomic mass is 35.5. The standard InChI is InChI=1S/C14H15Cl2N3S/c15-12-4-2-1-3-10(12)7-11(14(16)5-6-14)8-19-13(20)17-9-18-19/h1-4,9,11H,5-8H2,(H,17,18,20). The maximum absolute atomic E-state index is 6.66. The fourth-order valence-corrected chi connectivity index (χ4v) is 3.13. The Balaban J connectivity index is 1.83. The molecule has 1 unspecified atom stereocenters. The van der Waals surface area contributed by atoms with Crippen molar-refractivity contribution in [2.24, 2.45) is 5.92 Å². The molecule has 106 valence electrons. The Bertz CT molecular complexity index is 660. The minimum absolute atomic E-state index is 0.126. The zero-order valence-corrected chi connectivity index (χ0v) is 13.2. The van der Waals surface area contributed by atoms with Gasteiger partial charge in [0.25, 0.3) is 0 Å². The lowest BCUT2D eigenvalue weighted by molar-refractivity contribution is 0.386. The van der Waals surface area contributed by atoms with Crippen LogP contribution in [0.2, 0.25) is 5.02 Å². The lowest BCUT2D eigenvalue weighted by Gasteiger charge is -2.22. The summed E-state index contributed by atoms with van der Waals surface area (Å²) in [4.78, 5) is 3.92. The van der Waals surface area contributed by atoms with Crippen molar-refractivity contribution in [2.75, 3.05) is 0 Å². The summed E-state index contributed by atoms with van der Waals surface area (Å²) in [5, 5.41) is 3.84. The third kappa shape index (κ3) is 2.92. The normalized spacial score (nSPS) is 17.9. The van der Waals surface area contributed by atoms with Crippen LogP contribution in [-0.2, 0) is 13.0 Å². The van der Waals surface area contributed by atoms with Gasteiger partial charge in [0.2, 0.25) is 4.77 Å². The molecule has 1 N–H and O–H groups in total. The summed E-state index contributed by atoms with van der Waals surface area (Å²) in [6.45, 7) is 0.744. The second kappa shape index (κ2) is 5.51. The third-order valence-corrected chi connectivity index (χ3v) is 5.29. The topological polar surface area (TPSA) is 33.6 Å². The zero-order valence-electron chi connectivity index (χ0n) is 10.9. The summed E-state index contributed by atoms with van der Waals surface area (Å²) in [5.74, 6) is 0.288. The molecule has 1 atom stereocenters. The molecule has 1 aromatic carbocycles. The molecular weight excluding hydrogens is 313 g/mol. The first-order valence-corrected chi connectivity index (χ1v) is 7.77. The van der Waals surface area contributed by atoms with Crippen molar-refractivity contribution >= 4 is 35.4 Å². The number of nitrogens with one attached hydrogen (secondary N) is 1. The highest BCUT2D eigenvalue weighted by molar-refractivity contribution is 7.71. The molecule has 6 heteroatoms. The van der Waals surface area contributed by atoms with Crippen molar-refractivity contribution in [3.8, 4) is 0 Å². The van der Waals surface area contributed by atoms with Crippen LogP contribution in [0.4, 0.5) is 0 Å². The van der Waals surface area contributed by atoms with Crippen LogP contribution in [0.5, 0.6) is 0 Å². The predicted molar refractivity (Wildman–Crippen MR) is 83.9 cm³/mol. The number of H-pyrrole nitrogens is 1. The van der Waals surface area contributed by atoms with E-state index in [1.165, 1.54) is 0 Å². The van der Waals surface area contributed by atoms with E-state index >= 15 is 0 Å². The number of halogens is 2. The highest BCUT2D eigenvalue weighted by Crippen LogP contribution is 2.50. The third-order valence-electron chi connectivity index (χ3n) is 3.91. The molecule has 1 aromatic heterocycles. The average molecular weight is 328 g/mol. The Morgan fingerprint density at radius 3 is 2.75 bits per heavy atom. The number of hydrogen-bond acceptors (Lipinski definition) is 2. The van der Waals surface area contributed by atoms with Crippen molar-refractivity contribution in [3.05, 3.63) is 45.9 Å². The Morgan fingerprint density at radius 2 is 2.15 bits per heavy atom. The maximum atomic E-state index is 6.66. The van der Waals surface area contributed by atoms with Crippen LogP contribution in [0.1, 0.15) is 18.4 Å². The van der Waals surface area contributed by atoms with E-state index in [0.717, 1.165) is 36.4 Å². The van der Waals surface area contributed by atoms with E-state index in [1.807, 2.05) is 22.9 Å². The van der Waals surface area contributed by atoms with Gasteiger partial charge in [-0.2, -0.15) is 0 Å². The van der Waals surface area contributed by atoms with Gasteiger partial charge >= 0.3 is 0 Å². The minimum Gasteiger partial charge on any atom is -0.286 e. The number of nitrogens with zero attached hydrogens (tertiary/aromatic N) is 2. The Hall–Kier alpha value is -0.840. The van der Waals surface area contributed by atoms with Gasteiger partial charge in [0.15, 0.2) is 0 Å². The Kier molecular flexibility index (Phi) is 3.89. The first kappa shape index (κ1) is 14.1. The smallest absolute Gasteiger partial charge is 0.215 e. The average Bonchev–Trinajstić information content (AvgIpc) is 3.05. The van der Waals surface area contributed by atoms with Gasteiger partial charge in [-0.25, -0.2) is 4.98 Å². The van der Waals surface area contributed by atoms with Crippen LogP contribution < -0.4 is 0 Å². The molecular formula is C14H15Cl2N3S. The SMILES string of the molecule is S=c1nc[nH]n1CC(Cc1ccccc1Cl)C1(Cl)CC1. The molecule has 0 bridgehead atoms. The second-order valence-corrected chi connectivity index (χ2v) is 6.83. The van der Waals surface area contributed by atoms with Crippen LogP contribution >= 0.6 is 35.4 Å². The highest BCUT2D eigenvalue weighted by Gasteiger charge is 2.47. The Morgan fingerprint density at radius 1 is 1.40 bits per heavy atom. The molecule has 2 aromatic rings. The fourth-order valence-electron chi connectivity index (χ4n) is 2.50. The van der Waals surface area contributed by atoms with Crippen molar-refractivity contribution in [1.29, 1.82) is 0 Å². The number of hydrogen-bond donors (Lipinski definition) is 1. The summed E-state index contributed by atoms with van der Waals surface area (Å²) in [7, 11) is 0. The molecule has 1 heterocycles. The van der Waals surface area contributed by atoms with Gasteiger partial charge in [0.05, 0.1) is 0 Å². The fraction of sp³-hybridized carbons (Fsp3) is 0.429. The molecule has 1 aliphatic carbocycles. The largest absolute Gasteiger partial charge is 0.286 e. The van der Waals surface area contributed by atoms with Gasteiger partial charge in [-0.3, -0.25) is 9.78 Å². The zero-order chi connectivity index (χ0) is 14.2. The van der Waals surface area contributed by atoms with Crippen LogP contribution in [0.3, 0.4) is 0 Å². The molecule has 0 saturated heterocycles. The lowest BCUT2D eigenvalue weighted by Crippen LogP contribution is -2.25. The first-order valence-electron chi connectivity index (χ1n) is 6.61. The number of aromatic nitrogens is 3. The molecule has 0 aliphatic heterocycles. The van der Waals surface area contributed by atoms with Crippen LogP contribution in [-0.4, -0.2) is 19.6 Å². The summed E-state index contributed by atoms with van der Waals surface area (Å²) in [5.41, 5.74) is 1.14. The van der Waals surface area contributed by atoms with E-state index in [0.29, 0.717) is 4.77 Å². The van der Waals surface area contributed by atoms with E-state index in [2.05, 4.69) is 16.1 Å². The number of benzene rings is 1. The molecule has 0 spiro atoms. The van der Waals surface area contributed by atoms with Crippen molar-refractivity contribution in [3.63, 3.8) is 0 Å². The number of rotatable bonds is 5. The van der Waals surface area contributed by atoms with E-state index in [4.69, 9.17) is 35.4 Å². The van der Waals surface area contributed by atoms with Crippen LogP contribution in [0.25, 0.3) is 0 Å². The monoisotopic (exact) mass is 327 g/mol. The van der Waals surface area contributed by atoms with E-state index in [9.17, 15) is 0 Å². The number of aromatic amines is 1. The maximum Gasteiger partial charge on any atom is 0.215 e. The van der Waals surface area contributed by atoms with Crippen molar-refractivity contribution in [1.82, 2.24) is 14.8 Å². The van der Waals surface area contributed by atoms with E-state index < -0.39 is 0 Å². The first-order chi connectivity index (χ1) is 9.58. The molecule has 0 amide bonds. The van der Waals surface area contributed by atoms with Gasteiger partial charge < -0.3 is 0 Å². The van der Waals surface area contributed by atoms with Gasteiger partial charge in [-0.1, -0.05) is 29.8 Å². The van der Waals surface area contributed by atoms with Gasteiger partial charge in [-0.05, 0) is 43.1 Å². The Labute approximate surface area is 132 Å². The van der Waals surface area contributed by atoms with Crippen LogP contribution in [0, 0.1) is 10.7 Å². The molecule has 3 nitrogen and oxygen atoms in total. The van der Waals surface area contributed by atoms with Gasteiger partial charge in [0.1, 0.15) is 6.33 Å². The quantitative estimate of drug-likeness (QED) is 0.658. The number of alkyl halides is 1. The molecule has 3 rings (SSSR count). The molecule has 1 aliphatic rings. The van der Waals surface area contributed by atoms with Gasteiger partial charge in [0, 0.05) is 22.4 Å². The van der Waals surface area contributed by atoms with Crippen molar-refractivity contribution in [2.45, 2.75) is 30.7 Å². The van der Waals surface area contributed by atoms with Gasteiger partial charge in [-0.15, -0.1) is 11.6 Å². The second-order valence-electron chi connectivity index (χ2n) is 5.31. The molecule has 0 radical (unpaired) electrons. The molecule has 20 heavy (non-hydrogen) atoms. The lowest BCUT2D eigenvalue weighted by atomic mass is 9.94. The van der Waals surface area contributed by atoms with E-state index in [-0.39, 0.29) is 10.8 Å². The summed E-state index contributed by atoms with van der Waals surface area (Å²) < 4.78 is 2.44. The summed E-state index contributed by atoms with van der Waals surface area (Å²) in [6, 6.07) is 7.93.